The van der Waals surface area contributed by atoms with Crippen LogP contribution in [0.2, 0.25) is 5.02 Å². The first-order valence-corrected chi connectivity index (χ1v) is 13.2. The van der Waals surface area contributed by atoms with Crippen LogP contribution < -0.4 is 10.1 Å². The smallest absolute Gasteiger partial charge is 0.294 e. The lowest BCUT2D eigenvalue weighted by Crippen LogP contribution is -2.40. The molecule has 0 bridgehead atoms. The Morgan fingerprint density at radius 3 is 2.64 bits per heavy atom. The molecule has 2 aliphatic rings. The molecular formula is C25H23BrClN3O5S. The number of nitrogens with zero attached hydrogens (tertiary/aromatic N) is 2. The molecular weight excluding hydrogens is 570 g/mol. The zero-order valence-electron chi connectivity index (χ0n) is 19.4. The van der Waals surface area contributed by atoms with Gasteiger partial charge in [0.05, 0.1) is 4.91 Å². The molecule has 2 aromatic carbocycles. The average Bonchev–Trinajstić information content (AvgIpc) is 3.46. The Balaban J connectivity index is 1.44. The number of carbonyl (C=O) groups is 4. The van der Waals surface area contributed by atoms with E-state index in [2.05, 4.69) is 21.2 Å². The Hall–Kier alpha value is -2.82. The van der Waals surface area contributed by atoms with E-state index in [-0.39, 0.29) is 29.9 Å². The first kappa shape index (κ1) is 26.2. The highest BCUT2D eigenvalue weighted by Gasteiger charge is 2.37. The minimum Gasteiger partial charge on any atom is -0.483 e. The summed E-state index contributed by atoms with van der Waals surface area (Å²) < 4.78 is 6.45. The number of aryl methyl sites for hydroxylation is 1. The SMILES string of the molecule is Cc1ccc(NC(=O)COc2ccc(Br)cc2/C=C2\SC(=O)N(CC(=O)N3CCCC3)C2=O)cc1Cl. The molecule has 0 unspecified atom stereocenters. The van der Waals surface area contributed by atoms with Crippen molar-refractivity contribution in [2.24, 2.45) is 0 Å². The number of carbonyl (C=O) groups excluding carboxylic acids is 4. The number of amides is 4. The predicted molar refractivity (Wildman–Crippen MR) is 143 cm³/mol. The Bertz CT molecular complexity index is 1260. The quantitative estimate of drug-likeness (QED) is 0.450. The third kappa shape index (κ3) is 6.29. The van der Waals surface area contributed by atoms with E-state index in [9.17, 15) is 19.2 Å². The Kier molecular flexibility index (Phi) is 8.38. The van der Waals surface area contributed by atoms with Crippen molar-refractivity contribution in [2.75, 3.05) is 31.6 Å². The second-order valence-electron chi connectivity index (χ2n) is 8.34. The molecule has 1 N–H and O–H groups in total. The third-order valence-corrected chi connectivity index (χ3v) is 7.51. The molecule has 2 aromatic rings. The summed E-state index contributed by atoms with van der Waals surface area (Å²) in [6.07, 6.45) is 3.38. The van der Waals surface area contributed by atoms with E-state index in [0.717, 1.165) is 39.5 Å². The van der Waals surface area contributed by atoms with Crippen molar-refractivity contribution in [3.8, 4) is 5.75 Å². The molecule has 8 nitrogen and oxygen atoms in total. The average molecular weight is 593 g/mol. The second-order valence-corrected chi connectivity index (χ2v) is 10.7. The maximum Gasteiger partial charge on any atom is 0.294 e. The molecule has 0 aliphatic carbocycles. The maximum atomic E-state index is 12.9. The van der Waals surface area contributed by atoms with Crippen molar-refractivity contribution >= 4 is 74.0 Å². The molecule has 2 saturated heterocycles. The summed E-state index contributed by atoms with van der Waals surface area (Å²) in [5, 5.41) is 2.77. The standard InChI is InChI=1S/C25H23BrClN3O5S/c1-15-4-6-18(12-19(15)27)28-22(31)14-35-20-7-5-17(26)10-16(20)11-21-24(33)30(25(34)36-21)13-23(32)29-8-2-3-9-29/h4-7,10-12H,2-3,8-9,13-14H2,1H3,(H,28,31)/b21-11-. The Morgan fingerprint density at radius 2 is 1.92 bits per heavy atom. The van der Waals surface area contributed by atoms with Gasteiger partial charge in [0.15, 0.2) is 6.61 Å². The highest BCUT2D eigenvalue weighted by atomic mass is 79.9. The molecule has 4 amide bonds. The first-order valence-electron chi connectivity index (χ1n) is 11.2. The molecule has 0 atom stereocenters. The fraction of sp³-hybridized carbons (Fsp3) is 0.280. The van der Waals surface area contributed by atoms with E-state index in [1.54, 1.807) is 41.3 Å². The van der Waals surface area contributed by atoms with Gasteiger partial charge in [-0.1, -0.05) is 33.6 Å². The zero-order valence-corrected chi connectivity index (χ0v) is 22.5. The lowest BCUT2D eigenvalue weighted by atomic mass is 10.2. The molecule has 188 valence electrons. The van der Waals surface area contributed by atoms with Gasteiger partial charge in [0.25, 0.3) is 17.1 Å². The third-order valence-electron chi connectivity index (χ3n) is 5.70. The fourth-order valence-electron chi connectivity index (χ4n) is 3.75. The van der Waals surface area contributed by atoms with Crippen LogP contribution in [-0.4, -0.2) is 59.0 Å². The summed E-state index contributed by atoms with van der Waals surface area (Å²) in [7, 11) is 0. The van der Waals surface area contributed by atoms with Crippen molar-refractivity contribution in [1.29, 1.82) is 0 Å². The molecule has 0 radical (unpaired) electrons. The topological polar surface area (TPSA) is 96.0 Å². The Labute approximate surface area is 226 Å². The number of imide groups is 1. The normalized spacial score (nSPS) is 16.7. The minimum atomic E-state index is -0.530. The van der Waals surface area contributed by atoms with Gasteiger partial charge in [-0.3, -0.25) is 24.1 Å². The second kappa shape index (κ2) is 11.5. The van der Waals surface area contributed by atoms with Gasteiger partial charge in [0.2, 0.25) is 5.91 Å². The molecule has 2 heterocycles. The number of likely N-dealkylation sites (tertiary alicyclic amines) is 1. The monoisotopic (exact) mass is 591 g/mol. The molecule has 2 aliphatic heterocycles. The number of rotatable bonds is 7. The largest absolute Gasteiger partial charge is 0.483 e. The molecule has 0 spiro atoms. The summed E-state index contributed by atoms with van der Waals surface area (Å²) in [5.74, 6) is -0.791. The zero-order chi connectivity index (χ0) is 25.8. The van der Waals surface area contributed by atoms with Crippen molar-refractivity contribution in [3.05, 3.63) is 61.9 Å². The van der Waals surface area contributed by atoms with E-state index in [1.165, 1.54) is 6.08 Å². The van der Waals surface area contributed by atoms with Gasteiger partial charge in [-0.25, -0.2) is 0 Å². The maximum absolute atomic E-state index is 12.9. The number of hydrogen-bond acceptors (Lipinski definition) is 6. The van der Waals surface area contributed by atoms with Crippen LogP contribution in [0.4, 0.5) is 10.5 Å². The molecule has 0 aromatic heterocycles. The summed E-state index contributed by atoms with van der Waals surface area (Å²) in [6.45, 7) is 2.61. The van der Waals surface area contributed by atoms with Crippen molar-refractivity contribution in [2.45, 2.75) is 19.8 Å². The first-order chi connectivity index (χ1) is 17.2. The van der Waals surface area contributed by atoms with Crippen LogP contribution in [0, 0.1) is 6.92 Å². The summed E-state index contributed by atoms with van der Waals surface area (Å²) in [6, 6.07) is 10.3. The van der Waals surface area contributed by atoms with Crippen LogP contribution in [0.5, 0.6) is 5.75 Å². The highest BCUT2D eigenvalue weighted by Crippen LogP contribution is 2.35. The van der Waals surface area contributed by atoms with Crippen LogP contribution in [0.1, 0.15) is 24.0 Å². The lowest BCUT2D eigenvalue weighted by Gasteiger charge is -2.18. The van der Waals surface area contributed by atoms with Crippen LogP contribution in [0.25, 0.3) is 6.08 Å². The van der Waals surface area contributed by atoms with Gasteiger partial charge in [-0.2, -0.15) is 0 Å². The van der Waals surface area contributed by atoms with Gasteiger partial charge >= 0.3 is 0 Å². The summed E-state index contributed by atoms with van der Waals surface area (Å²) in [5.41, 5.74) is 1.95. The van der Waals surface area contributed by atoms with Gasteiger partial charge in [-0.15, -0.1) is 0 Å². The van der Waals surface area contributed by atoms with E-state index < -0.39 is 11.1 Å². The van der Waals surface area contributed by atoms with E-state index in [4.69, 9.17) is 16.3 Å². The van der Waals surface area contributed by atoms with Gasteiger partial charge in [0, 0.05) is 33.8 Å². The number of halogens is 2. The number of hydrogen-bond donors (Lipinski definition) is 1. The summed E-state index contributed by atoms with van der Waals surface area (Å²) >= 11 is 10.3. The fourth-order valence-corrected chi connectivity index (χ4v) is 5.14. The number of anilines is 1. The summed E-state index contributed by atoms with van der Waals surface area (Å²) in [4.78, 5) is 53.1. The van der Waals surface area contributed by atoms with Crippen molar-refractivity contribution in [3.63, 3.8) is 0 Å². The molecule has 36 heavy (non-hydrogen) atoms. The van der Waals surface area contributed by atoms with E-state index in [1.807, 2.05) is 6.92 Å². The molecule has 2 fully saturated rings. The van der Waals surface area contributed by atoms with Crippen LogP contribution in [0.15, 0.2) is 45.8 Å². The number of thioether (sulfide) groups is 1. The molecule has 4 rings (SSSR count). The Morgan fingerprint density at radius 1 is 1.17 bits per heavy atom. The molecule has 0 saturated carbocycles. The van der Waals surface area contributed by atoms with Gasteiger partial charge in [-0.05, 0) is 73.5 Å². The molecule has 11 heteroatoms. The minimum absolute atomic E-state index is 0.177. The lowest BCUT2D eigenvalue weighted by molar-refractivity contribution is -0.135. The van der Waals surface area contributed by atoms with Crippen molar-refractivity contribution < 1.29 is 23.9 Å². The number of nitrogens with one attached hydrogen (secondary N) is 1. The van der Waals surface area contributed by atoms with Crippen molar-refractivity contribution in [1.82, 2.24) is 9.80 Å². The number of ether oxygens (including phenoxy) is 1. The van der Waals surface area contributed by atoms with Gasteiger partial charge < -0.3 is 15.0 Å². The number of benzene rings is 2. The predicted octanol–water partition coefficient (Wildman–Crippen LogP) is 5.09. The highest BCUT2D eigenvalue weighted by molar-refractivity contribution is 9.10. The van der Waals surface area contributed by atoms with Crippen LogP contribution in [0.3, 0.4) is 0 Å². The van der Waals surface area contributed by atoms with E-state index in [0.29, 0.717) is 35.1 Å². The van der Waals surface area contributed by atoms with E-state index >= 15 is 0 Å². The van der Waals surface area contributed by atoms with Crippen LogP contribution >= 0.6 is 39.3 Å². The van der Waals surface area contributed by atoms with Gasteiger partial charge in [0.1, 0.15) is 12.3 Å². The van der Waals surface area contributed by atoms with Crippen LogP contribution in [-0.2, 0) is 14.4 Å².